The number of aryl methyl sites for hydroxylation is 1. The van der Waals surface area contributed by atoms with Gasteiger partial charge in [0.05, 0.1) is 12.7 Å². The predicted molar refractivity (Wildman–Crippen MR) is 129 cm³/mol. The molecular weight excluding hydrogens is 444 g/mol. The van der Waals surface area contributed by atoms with Crippen molar-refractivity contribution in [2.75, 3.05) is 13.9 Å². The Morgan fingerprint density at radius 1 is 1.03 bits per heavy atom. The first-order chi connectivity index (χ1) is 17.1. The van der Waals surface area contributed by atoms with Crippen LogP contribution in [0.15, 0.2) is 72.3 Å². The van der Waals surface area contributed by atoms with Crippen LogP contribution in [0.2, 0.25) is 0 Å². The molecule has 6 rings (SSSR count). The summed E-state index contributed by atoms with van der Waals surface area (Å²) in [5, 5.41) is 12.0. The molecule has 2 unspecified atom stereocenters. The van der Waals surface area contributed by atoms with Gasteiger partial charge in [-0.25, -0.2) is 4.79 Å². The molecule has 0 saturated heterocycles. The van der Waals surface area contributed by atoms with E-state index in [4.69, 9.17) is 18.9 Å². The summed E-state index contributed by atoms with van der Waals surface area (Å²) >= 11 is 0. The van der Waals surface area contributed by atoms with Gasteiger partial charge in [-0.05, 0) is 84.7 Å². The lowest BCUT2D eigenvalue weighted by Gasteiger charge is -2.31. The summed E-state index contributed by atoms with van der Waals surface area (Å²) in [6, 6.07) is 20.8. The van der Waals surface area contributed by atoms with Gasteiger partial charge in [0.1, 0.15) is 5.75 Å². The van der Waals surface area contributed by atoms with Gasteiger partial charge in [-0.1, -0.05) is 30.3 Å². The number of aliphatic hydroxyl groups is 1. The van der Waals surface area contributed by atoms with E-state index in [-0.39, 0.29) is 12.7 Å². The second kappa shape index (κ2) is 8.47. The highest BCUT2D eigenvalue weighted by atomic mass is 16.7. The Morgan fingerprint density at radius 2 is 1.83 bits per heavy atom. The second-order valence-corrected chi connectivity index (χ2v) is 9.18. The Kier molecular flexibility index (Phi) is 5.26. The van der Waals surface area contributed by atoms with E-state index in [1.807, 2.05) is 6.07 Å². The smallest absolute Gasteiger partial charge is 0.341 e. The number of carbonyl (C=O) groups is 1. The van der Waals surface area contributed by atoms with Crippen LogP contribution >= 0.6 is 0 Å². The Bertz CT molecular complexity index is 1330. The van der Waals surface area contributed by atoms with Crippen LogP contribution in [0, 0.1) is 0 Å². The van der Waals surface area contributed by atoms with Crippen molar-refractivity contribution in [3.05, 3.63) is 94.6 Å². The number of cyclic esters (lactones) is 1. The van der Waals surface area contributed by atoms with Crippen molar-refractivity contribution < 1.29 is 28.8 Å². The first-order valence-electron chi connectivity index (χ1n) is 11.9. The molecule has 0 bridgehead atoms. The van der Waals surface area contributed by atoms with Gasteiger partial charge in [0.25, 0.3) is 5.79 Å². The van der Waals surface area contributed by atoms with E-state index < -0.39 is 11.8 Å². The standard InChI is InChI=1S/C29H26O6/c1-32-22-12-10-21(11-13-22)29(31)24(15-19-7-4-6-18-5-2-3-8-23(18)19)27(28(30)35-29)20-9-14-25-26(16-20)34-17-33-25/h2-3,5,8-14,16,19,31H,4,6-7,15,17H2,1H3. The number of methoxy groups -OCH3 is 1. The highest BCUT2D eigenvalue weighted by Gasteiger charge is 2.49. The van der Waals surface area contributed by atoms with Crippen LogP contribution in [-0.4, -0.2) is 25.0 Å². The molecule has 0 saturated carbocycles. The maximum atomic E-state index is 13.3. The van der Waals surface area contributed by atoms with Crippen LogP contribution in [-0.2, 0) is 21.7 Å². The minimum Gasteiger partial charge on any atom is -0.497 e. The molecule has 6 heteroatoms. The van der Waals surface area contributed by atoms with E-state index in [0.717, 1.165) is 19.3 Å². The summed E-state index contributed by atoms with van der Waals surface area (Å²) in [5.74, 6) is -0.399. The lowest BCUT2D eigenvalue weighted by Crippen LogP contribution is -2.30. The Balaban J connectivity index is 1.49. The van der Waals surface area contributed by atoms with Crippen molar-refractivity contribution >= 4 is 11.5 Å². The summed E-state index contributed by atoms with van der Waals surface area (Å²) in [7, 11) is 1.59. The van der Waals surface area contributed by atoms with Crippen molar-refractivity contribution in [3.8, 4) is 17.2 Å². The summed E-state index contributed by atoms with van der Waals surface area (Å²) in [4.78, 5) is 13.3. The van der Waals surface area contributed by atoms with Gasteiger partial charge in [-0.2, -0.15) is 0 Å². The fourth-order valence-corrected chi connectivity index (χ4v) is 5.49. The average molecular weight is 471 g/mol. The van der Waals surface area contributed by atoms with Crippen LogP contribution in [0.3, 0.4) is 0 Å². The normalized spacial score (nSPS) is 22.7. The number of hydrogen-bond donors (Lipinski definition) is 1. The SMILES string of the molecule is COc1ccc(C2(O)OC(=O)C(c3ccc4c(c3)OCO4)=C2CC2CCCc3ccccc32)cc1. The van der Waals surface area contributed by atoms with Crippen molar-refractivity contribution in [3.63, 3.8) is 0 Å². The van der Waals surface area contributed by atoms with E-state index >= 15 is 0 Å². The lowest BCUT2D eigenvalue weighted by molar-refractivity contribution is -0.185. The molecule has 0 fully saturated rings. The third-order valence-corrected chi connectivity index (χ3v) is 7.24. The zero-order valence-corrected chi connectivity index (χ0v) is 19.5. The third-order valence-electron chi connectivity index (χ3n) is 7.24. The number of fused-ring (bicyclic) bond motifs is 2. The second-order valence-electron chi connectivity index (χ2n) is 9.18. The molecular formula is C29H26O6. The van der Waals surface area contributed by atoms with Gasteiger partial charge in [-0.15, -0.1) is 0 Å². The molecule has 3 aromatic carbocycles. The van der Waals surface area contributed by atoms with Crippen molar-refractivity contribution in [1.29, 1.82) is 0 Å². The fourth-order valence-electron chi connectivity index (χ4n) is 5.49. The molecule has 0 aromatic heterocycles. The molecule has 3 aromatic rings. The highest BCUT2D eigenvalue weighted by molar-refractivity contribution is 6.20. The minimum atomic E-state index is -1.87. The van der Waals surface area contributed by atoms with E-state index in [1.54, 1.807) is 43.5 Å². The maximum absolute atomic E-state index is 13.3. The number of carbonyl (C=O) groups excluding carboxylic acids is 1. The third kappa shape index (κ3) is 3.65. The zero-order valence-electron chi connectivity index (χ0n) is 19.5. The van der Waals surface area contributed by atoms with Crippen LogP contribution in [0.1, 0.15) is 47.4 Å². The van der Waals surface area contributed by atoms with E-state index in [0.29, 0.717) is 45.9 Å². The monoisotopic (exact) mass is 470 g/mol. The van der Waals surface area contributed by atoms with Crippen LogP contribution in [0.5, 0.6) is 17.2 Å². The molecule has 178 valence electrons. The van der Waals surface area contributed by atoms with Crippen molar-refractivity contribution in [2.45, 2.75) is 37.4 Å². The average Bonchev–Trinajstić information content (AvgIpc) is 3.46. The Labute approximate surface area is 203 Å². The first kappa shape index (κ1) is 21.7. The van der Waals surface area contributed by atoms with Gasteiger partial charge in [0.2, 0.25) is 6.79 Å². The predicted octanol–water partition coefficient (Wildman–Crippen LogP) is 5.09. The van der Waals surface area contributed by atoms with E-state index in [1.165, 1.54) is 11.1 Å². The Hall–Kier alpha value is -3.77. The number of esters is 1. The number of ether oxygens (including phenoxy) is 4. The maximum Gasteiger partial charge on any atom is 0.341 e. The van der Waals surface area contributed by atoms with Crippen LogP contribution < -0.4 is 14.2 Å². The largest absolute Gasteiger partial charge is 0.497 e. The molecule has 1 aliphatic carbocycles. The minimum absolute atomic E-state index is 0.143. The molecule has 0 spiro atoms. The molecule has 1 N–H and O–H groups in total. The van der Waals surface area contributed by atoms with E-state index in [2.05, 4.69) is 24.3 Å². The molecule has 2 heterocycles. The molecule has 0 amide bonds. The van der Waals surface area contributed by atoms with Gasteiger partial charge in [0, 0.05) is 11.1 Å². The van der Waals surface area contributed by atoms with Gasteiger partial charge < -0.3 is 24.1 Å². The Morgan fingerprint density at radius 3 is 2.66 bits per heavy atom. The highest BCUT2D eigenvalue weighted by Crippen LogP contribution is 2.50. The summed E-state index contributed by atoms with van der Waals surface area (Å²) in [6.45, 7) is 0.143. The quantitative estimate of drug-likeness (QED) is 0.524. The van der Waals surface area contributed by atoms with Gasteiger partial charge in [-0.3, -0.25) is 0 Å². The van der Waals surface area contributed by atoms with Crippen molar-refractivity contribution in [2.24, 2.45) is 0 Å². The first-order valence-corrected chi connectivity index (χ1v) is 11.9. The zero-order chi connectivity index (χ0) is 24.0. The molecule has 35 heavy (non-hydrogen) atoms. The summed E-state index contributed by atoms with van der Waals surface area (Å²) in [5.41, 5.74) is 4.67. The van der Waals surface area contributed by atoms with Crippen molar-refractivity contribution in [1.82, 2.24) is 0 Å². The molecule has 3 aliphatic rings. The molecule has 2 atom stereocenters. The summed E-state index contributed by atoms with van der Waals surface area (Å²) < 4.78 is 22.0. The van der Waals surface area contributed by atoms with Gasteiger partial charge >= 0.3 is 5.97 Å². The summed E-state index contributed by atoms with van der Waals surface area (Å²) in [6.07, 6.45) is 3.57. The lowest BCUT2D eigenvalue weighted by atomic mass is 9.76. The number of rotatable bonds is 5. The molecule has 6 nitrogen and oxygen atoms in total. The van der Waals surface area contributed by atoms with Crippen LogP contribution in [0.4, 0.5) is 0 Å². The number of benzene rings is 3. The molecule has 0 radical (unpaired) electrons. The van der Waals surface area contributed by atoms with E-state index in [9.17, 15) is 9.90 Å². The number of hydrogen-bond acceptors (Lipinski definition) is 6. The topological polar surface area (TPSA) is 74.2 Å². The fraction of sp³-hybridized carbons (Fsp3) is 0.276. The van der Waals surface area contributed by atoms with Gasteiger partial charge in [0.15, 0.2) is 11.5 Å². The van der Waals surface area contributed by atoms with Crippen LogP contribution in [0.25, 0.3) is 5.57 Å². The molecule has 2 aliphatic heterocycles.